The Bertz CT molecular complexity index is 1720. The molecule has 0 unspecified atom stereocenters. The molecule has 6 heterocycles. The van der Waals surface area contributed by atoms with E-state index in [0.29, 0.717) is 53.3 Å². The van der Waals surface area contributed by atoms with Crippen LogP contribution in [0, 0.1) is 5.82 Å². The van der Waals surface area contributed by atoms with Crippen LogP contribution in [0.2, 0.25) is 0 Å². The van der Waals surface area contributed by atoms with Gasteiger partial charge in [-0.25, -0.2) is 9.18 Å². The predicted octanol–water partition coefficient (Wildman–Crippen LogP) is 3.60. The maximum Gasteiger partial charge on any atom is 0.320 e. The number of nitrogens with zero attached hydrogens (tertiary/aromatic N) is 6. The third-order valence-electron chi connectivity index (χ3n) is 7.47. The lowest BCUT2D eigenvalue weighted by atomic mass is 10.0. The molecule has 0 aliphatic carbocycles. The Balaban J connectivity index is 1.34. The summed E-state index contributed by atoms with van der Waals surface area (Å²) in [5.74, 6) is 0.0113. The predicted molar refractivity (Wildman–Crippen MR) is 136 cm³/mol. The van der Waals surface area contributed by atoms with E-state index in [1.165, 1.54) is 12.1 Å². The third kappa shape index (κ3) is 3.45. The smallest absolute Gasteiger partial charge is 0.320 e. The van der Waals surface area contributed by atoms with Crippen LogP contribution in [0.1, 0.15) is 24.8 Å². The Morgan fingerprint density at radius 3 is 2.70 bits per heavy atom. The molecule has 0 radical (unpaired) electrons. The molecular weight excluding hydrogens is 475 g/mol. The summed E-state index contributed by atoms with van der Waals surface area (Å²) in [4.78, 5) is 29.9. The number of nitrogens with one attached hydrogen (secondary N) is 2. The van der Waals surface area contributed by atoms with E-state index in [-0.39, 0.29) is 17.4 Å². The van der Waals surface area contributed by atoms with Gasteiger partial charge in [-0.2, -0.15) is 0 Å². The molecule has 2 aliphatic rings. The maximum atomic E-state index is 15.0. The summed E-state index contributed by atoms with van der Waals surface area (Å²) in [5, 5.41) is 14.8. The minimum absolute atomic E-state index is 0.0130. The van der Waals surface area contributed by atoms with E-state index in [9.17, 15) is 14.0 Å². The highest BCUT2D eigenvalue weighted by molar-refractivity contribution is 6.00. The van der Waals surface area contributed by atoms with Crippen molar-refractivity contribution in [1.29, 1.82) is 0 Å². The number of amides is 2. The molecule has 10 nitrogen and oxygen atoms in total. The number of benzene rings is 1. The molecule has 2 amide bonds. The molecule has 188 valence electrons. The number of urea groups is 1. The number of halogens is 1. The first-order valence-electron chi connectivity index (χ1n) is 12.5. The summed E-state index contributed by atoms with van der Waals surface area (Å²) >= 11 is 0. The number of fused-ring (bicyclic) bond motifs is 1. The van der Waals surface area contributed by atoms with Gasteiger partial charge in [0.1, 0.15) is 11.4 Å². The van der Waals surface area contributed by atoms with Crippen molar-refractivity contribution in [3.05, 3.63) is 64.5 Å². The second-order valence-corrected chi connectivity index (χ2v) is 9.73. The summed E-state index contributed by atoms with van der Waals surface area (Å²) in [6.07, 6.45) is 6.91. The number of likely N-dealkylation sites (tertiary alicyclic amines) is 1. The van der Waals surface area contributed by atoms with Gasteiger partial charge in [-0.05, 0) is 49.1 Å². The van der Waals surface area contributed by atoms with Gasteiger partial charge in [-0.3, -0.25) is 19.4 Å². The molecule has 4 aromatic heterocycles. The number of carbonyl (C=O) groups excluding carboxylic acids is 1. The summed E-state index contributed by atoms with van der Waals surface area (Å²) in [6, 6.07) is 8.52. The summed E-state index contributed by atoms with van der Waals surface area (Å²) in [6.45, 7) is 2.95. The quantitative estimate of drug-likeness (QED) is 0.386. The van der Waals surface area contributed by atoms with Crippen molar-refractivity contribution >= 4 is 22.6 Å². The van der Waals surface area contributed by atoms with Crippen LogP contribution >= 0.6 is 0 Å². The number of rotatable bonds is 2. The Hall–Kier alpha value is -4.41. The first-order valence-corrected chi connectivity index (χ1v) is 12.5. The minimum Gasteiger partial charge on any atom is -0.345 e. The number of aromatic nitrogens is 6. The fourth-order valence-corrected chi connectivity index (χ4v) is 5.73. The lowest BCUT2D eigenvalue weighted by Gasteiger charge is -2.32. The van der Waals surface area contributed by atoms with Crippen LogP contribution in [-0.4, -0.2) is 64.8 Å². The van der Waals surface area contributed by atoms with E-state index in [4.69, 9.17) is 0 Å². The van der Waals surface area contributed by atoms with Crippen LogP contribution in [0.15, 0.2) is 47.5 Å². The van der Waals surface area contributed by atoms with Gasteiger partial charge in [0.15, 0.2) is 11.5 Å². The number of pyridine rings is 1. The lowest BCUT2D eigenvalue weighted by molar-refractivity contribution is 0.140. The highest BCUT2D eigenvalue weighted by atomic mass is 19.1. The Morgan fingerprint density at radius 1 is 0.973 bits per heavy atom. The van der Waals surface area contributed by atoms with Crippen LogP contribution in [0.4, 0.5) is 9.18 Å². The van der Waals surface area contributed by atoms with E-state index in [2.05, 4.69) is 25.0 Å². The fraction of sp³-hybridized carbons (Fsp3) is 0.308. The van der Waals surface area contributed by atoms with Crippen LogP contribution in [0.5, 0.6) is 0 Å². The van der Waals surface area contributed by atoms with Crippen LogP contribution in [-0.2, 0) is 13.1 Å². The van der Waals surface area contributed by atoms with Crippen molar-refractivity contribution in [2.24, 2.45) is 0 Å². The molecule has 1 saturated heterocycles. The van der Waals surface area contributed by atoms with Crippen LogP contribution < -0.4 is 5.56 Å². The Kier molecular flexibility index (Phi) is 4.91. The van der Waals surface area contributed by atoms with Gasteiger partial charge in [0.2, 0.25) is 0 Å². The van der Waals surface area contributed by atoms with E-state index in [1.807, 2.05) is 34.2 Å². The average molecular weight is 501 g/mol. The molecule has 2 aliphatic heterocycles. The van der Waals surface area contributed by atoms with Gasteiger partial charge >= 0.3 is 6.03 Å². The molecule has 11 heteroatoms. The highest BCUT2D eigenvalue weighted by Gasteiger charge is 2.29. The molecular formula is C26H25FN8O2. The third-order valence-corrected chi connectivity index (χ3v) is 7.47. The molecule has 5 aromatic rings. The second-order valence-electron chi connectivity index (χ2n) is 9.73. The van der Waals surface area contributed by atoms with Gasteiger partial charge in [0, 0.05) is 56.1 Å². The monoisotopic (exact) mass is 500 g/mol. The number of carbonyl (C=O) groups is 1. The van der Waals surface area contributed by atoms with Gasteiger partial charge in [0.25, 0.3) is 5.56 Å². The summed E-state index contributed by atoms with van der Waals surface area (Å²) < 4.78 is 18.8. The van der Waals surface area contributed by atoms with Crippen molar-refractivity contribution < 1.29 is 9.18 Å². The fourth-order valence-electron chi connectivity index (χ4n) is 5.73. The molecule has 0 spiro atoms. The first-order chi connectivity index (χ1) is 18.1. The van der Waals surface area contributed by atoms with Crippen molar-refractivity contribution in [1.82, 2.24) is 39.2 Å². The van der Waals surface area contributed by atoms with E-state index in [0.717, 1.165) is 43.4 Å². The van der Waals surface area contributed by atoms with Gasteiger partial charge in [-0.15, -0.1) is 10.2 Å². The SMILES string of the molecule is O=C(N1CCCCC1)N1CCn2cc(-c3[nH][nH]c(=O)c3-c3nnc4ccccn34)c3cc(F)cc(c32)C1. The normalized spacial score (nSPS) is 16.0. The van der Waals surface area contributed by atoms with E-state index >= 15 is 0 Å². The zero-order chi connectivity index (χ0) is 25.1. The van der Waals surface area contributed by atoms with Gasteiger partial charge in [-0.1, -0.05) is 6.07 Å². The number of H-pyrrole nitrogens is 2. The topological polar surface area (TPSA) is 107 Å². The summed E-state index contributed by atoms with van der Waals surface area (Å²) in [7, 11) is 0. The van der Waals surface area contributed by atoms with Crippen LogP contribution in [0.3, 0.4) is 0 Å². The standard InChI is InChI=1S/C26H25FN8O2/c27-17-12-16-14-34(26(37)32-7-3-1-4-8-32)11-10-33-15-19(18(13-17)23(16)33)22-21(25(36)31-29-22)24-30-28-20-6-2-5-9-35(20)24/h2,5-6,9,12-13,15H,1,3-4,7-8,10-11,14H2,(H2,29,31,36). The minimum atomic E-state index is -0.388. The first kappa shape index (κ1) is 21.8. The summed E-state index contributed by atoms with van der Waals surface area (Å²) in [5.41, 5.74) is 3.44. The molecule has 1 fully saturated rings. The Labute approximate surface area is 210 Å². The largest absolute Gasteiger partial charge is 0.345 e. The maximum absolute atomic E-state index is 15.0. The molecule has 37 heavy (non-hydrogen) atoms. The zero-order valence-electron chi connectivity index (χ0n) is 20.1. The molecule has 2 N–H and O–H groups in total. The average Bonchev–Trinajstić information content (AvgIpc) is 3.57. The molecule has 7 rings (SSSR count). The molecule has 0 saturated carbocycles. The molecule has 0 bridgehead atoms. The van der Waals surface area contributed by atoms with Gasteiger partial charge in [0.05, 0.1) is 11.2 Å². The van der Waals surface area contributed by atoms with Crippen LogP contribution in [0.25, 0.3) is 39.2 Å². The number of aromatic amines is 2. The second kappa shape index (κ2) is 8.32. The molecule has 1 aromatic carbocycles. The van der Waals surface area contributed by atoms with Crippen molar-refractivity contribution in [2.75, 3.05) is 19.6 Å². The number of piperidine rings is 1. The number of hydrogen-bond donors (Lipinski definition) is 2. The van der Waals surface area contributed by atoms with E-state index in [1.54, 1.807) is 10.6 Å². The van der Waals surface area contributed by atoms with Crippen molar-refractivity contribution in [3.8, 4) is 22.6 Å². The number of hydrogen-bond acceptors (Lipinski definition) is 4. The lowest BCUT2D eigenvalue weighted by Crippen LogP contribution is -2.45. The van der Waals surface area contributed by atoms with Gasteiger partial charge < -0.3 is 14.4 Å². The van der Waals surface area contributed by atoms with E-state index < -0.39 is 0 Å². The Morgan fingerprint density at radius 2 is 1.84 bits per heavy atom. The molecule has 0 atom stereocenters. The van der Waals surface area contributed by atoms with Crippen molar-refractivity contribution in [3.63, 3.8) is 0 Å². The highest BCUT2D eigenvalue weighted by Crippen LogP contribution is 2.37. The zero-order valence-corrected chi connectivity index (χ0v) is 20.1. The van der Waals surface area contributed by atoms with Crippen molar-refractivity contribution in [2.45, 2.75) is 32.4 Å².